The number of likely N-dealkylation sites (tertiary alicyclic amines) is 1. The van der Waals surface area contributed by atoms with Gasteiger partial charge in [0.15, 0.2) is 0 Å². The summed E-state index contributed by atoms with van der Waals surface area (Å²) in [6, 6.07) is 8.17. The smallest absolute Gasteiger partial charge is 0.254 e. The average Bonchev–Trinajstić information content (AvgIpc) is 3.15. The summed E-state index contributed by atoms with van der Waals surface area (Å²) in [5.74, 6) is 1.03. The molecule has 2 aliphatic heterocycles. The Labute approximate surface area is 160 Å². The SMILES string of the molecule is Cn1ccnc1-c1cccc(C(=O)N2CCCC[C@@H]2CN2CCOCC2)c1. The Balaban J connectivity index is 1.52. The van der Waals surface area contributed by atoms with Gasteiger partial charge in [0.2, 0.25) is 0 Å². The Kier molecular flexibility index (Phi) is 5.55. The number of hydrogen-bond donors (Lipinski definition) is 0. The van der Waals surface area contributed by atoms with E-state index in [1.54, 1.807) is 6.20 Å². The third-order valence-corrected chi connectivity index (χ3v) is 5.65. The molecule has 2 fully saturated rings. The van der Waals surface area contributed by atoms with Crippen LogP contribution < -0.4 is 0 Å². The molecular weight excluding hydrogens is 340 g/mol. The molecule has 0 aliphatic carbocycles. The number of ether oxygens (including phenoxy) is 1. The maximum Gasteiger partial charge on any atom is 0.254 e. The van der Waals surface area contributed by atoms with Crippen LogP contribution >= 0.6 is 0 Å². The number of aryl methyl sites for hydroxylation is 1. The first kappa shape index (κ1) is 18.2. The summed E-state index contributed by atoms with van der Waals surface area (Å²) in [4.78, 5) is 22.3. The molecular formula is C21H28N4O2. The lowest BCUT2D eigenvalue weighted by Crippen LogP contribution is -2.51. The minimum Gasteiger partial charge on any atom is -0.379 e. The predicted molar refractivity (Wildman–Crippen MR) is 105 cm³/mol. The van der Waals surface area contributed by atoms with E-state index >= 15 is 0 Å². The quantitative estimate of drug-likeness (QED) is 0.832. The highest BCUT2D eigenvalue weighted by Crippen LogP contribution is 2.23. The molecule has 2 aromatic rings. The number of carbonyl (C=O) groups is 1. The van der Waals surface area contributed by atoms with Crippen LogP contribution in [0.25, 0.3) is 11.4 Å². The number of rotatable bonds is 4. The maximum atomic E-state index is 13.3. The Bertz CT molecular complexity index is 782. The summed E-state index contributed by atoms with van der Waals surface area (Å²) < 4.78 is 7.44. The van der Waals surface area contributed by atoms with E-state index in [1.807, 2.05) is 42.1 Å². The predicted octanol–water partition coefficient (Wildman–Crippen LogP) is 2.41. The van der Waals surface area contributed by atoms with Crippen molar-refractivity contribution in [2.24, 2.45) is 7.05 Å². The van der Waals surface area contributed by atoms with Crippen molar-refractivity contribution in [1.82, 2.24) is 19.4 Å². The van der Waals surface area contributed by atoms with Crippen molar-refractivity contribution >= 4 is 5.91 Å². The summed E-state index contributed by atoms with van der Waals surface area (Å²) in [5, 5.41) is 0. The van der Waals surface area contributed by atoms with Gasteiger partial charge < -0.3 is 14.2 Å². The maximum absolute atomic E-state index is 13.3. The van der Waals surface area contributed by atoms with Crippen molar-refractivity contribution in [3.05, 3.63) is 42.2 Å². The zero-order valence-electron chi connectivity index (χ0n) is 16.0. The standard InChI is InChI=1S/C21H28N4O2/c1-23-10-8-22-20(23)17-5-4-6-18(15-17)21(26)25-9-3-2-7-19(25)16-24-11-13-27-14-12-24/h4-6,8,10,15,19H,2-3,7,9,11-14,16H2,1H3/t19-/m1/s1. The van der Waals surface area contributed by atoms with Crippen LogP contribution in [-0.2, 0) is 11.8 Å². The fourth-order valence-electron chi connectivity index (χ4n) is 4.14. The largest absolute Gasteiger partial charge is 0.379 e. The van der Waals surface area contributed by atoms with Gasteiger partial charge in [0, 0.05) is 62.8 Å². The van der Waals surface area contributed by atoms with Gasteiger partial charge in [0.1, 0.15) is 5.82 Å². The number of amides is 1. The number of morpholine rings is 1. The van der Waals surface area contributed by atoms with Crippen molar-refractivity contribution in [3.8, 4) is 11.4 Å². The van der Waals surface area contributed by atoms with E-state index in [9.17, 15) is 4.79 Å². The first-order chi connectivity index (χ1) is 13.2. The molecule has 1 aromatic carbocycles. The number of hydrogen-bond acceptors (Lipinski definition) is 4. The average molecular weight is 368 g/mol. The summed E-state index contributed by atoms with van der Waals surface area (Å²) in [6.07, 6.45) is 7.08. The van der Waals surface area contributed by atoms with Crippen LogP contribution in [0.15, 0.2) is 36.7 Å². The highest BCUT2D eigenvalue weighted by Gasteiger charge is 2.29. The molecule has 6 nitrogen and oxygen atoms in total. The van der Waals surface area contributed by atoms with Crippen LogP contribution in [-0.4, -0.2) is 70.7 Å². The van der Waals surface area contributed by atoms with Gasteiger partial charge in [-0.3, -0.25) is 9.69 Å². The number of nitrogens with zero attached hydrogens (tertiary/aromatic N) is 4. The lowest BCUT2D eigenvalue weighted by Gasteiger charge is -2.39. The Morgan fingerprint density at radius 2 is 2.07 bits per heavy atom. The molecule has 1 aromatic heterocycles. The molecule has 27 heavy (non-hydrogen) atoms. The van der Waals surface area contributed by atoms with Crippen LogP contribution in [0.3, 0.4) is 0 Å². The van der Waals surface area contributed by atoms with Crippen LogP contribution in [0.5, 0.6) is 0 Å². The second kappa shape index (κ2) is 8.23. The number of imidazole rings is 1. The van der Waals surface area contributed by atoms with E-state index in [-0.39, 0.29) is 5.91 Å². The molecule has 1 atom stereocenters. The fraction of sp³-hybridized carbons (Fsp3) is 0.524. The number of aromatic nitrogens is 2. The molecule has 3 heterocycles. The lowest BCUT2D eigenvalue weighted by atomic mass is 9.99. The molecule has 0 N–H and O–H groups in total. The second-order valence-electron chi connectivity index (χ2n) is 7.50. The number of benzene rings is 1. The van der Waals surface area contributed by atoms with Gasteiger partial charge in [-0.1, -0.05) is 12.1 Å². The van der Waals surface area contributed by atoms with E-state index in [2.05, 4.69) is 14.8 Å². The van der Waals surface area contributed by atoms with Crippen LogP contribution in [0.4, 0.5) is 0 Å². The third kappa shape index (κ3) is 4.06. The molecule has 2 saturated heterocycles. The molecule has 2 aliphatic rings. The molecule has 0 saturated carbocycles. The highest BCUT2D eigenvalue weighted by molar-refractivity contribution is 5.95. The van der Waals surface area contributed by atoms with Crippen LogP contribution in [0, 0.1) is 0 Å². The van der Waals surface area contributed by atoms with E-state index in [0.29, 0.717) is 6.04 Å². The second-order valence-corrected chi connectivity index (χ2v) is 7.50. The Morgan fingerprint density at radius 1 is 1.22 bits per heavy atom. The molecule has 0 radical (unpaired) electrons. The van der Waals surface area contributed by atoms with Gasteiger partial charge in [0.25, 0.3) is 5.91 Å². The Hall–Kier alpha value is -2.18. The van der Waals surface area contributed by atoms with Gasteiger partial charge >= 0.3 is 0 Å². The number of carbonyl (C=O) groups excluding carboxylic acids is 1. The third-order valence-electron chi connectivity index (χ3n) is 5.65. The van der Waals surface area contributed by atoms with Crippen LogP contribution in [0.2, 0.25) is 0 Å². The first-order valence-electron chi connectivity index (χ1n) is 9.91. The molecule has 4 rings (SSSR count). The van der Waals surface area contributed by atoms with Gasteiger partial charge in [-0.05, 0) is 31.4 Å². The summed E-state index contributed by atoms with van der Waals surface area (Å²) in [6.45, 7) is 5.33. The summed E-state index contributed by atoms with van der Waals surface area (Å²) in [7, 11) is 1.97. The van der Waals surface area contributed by atoms with Crippen molar-refractivity contribution < 1.29 is 9.53 Å². The fourth-order valence-corrected chi connectivity index (χ4v) is 4.14. The lowest BCUT2D eigenvalue weighted by molar-refractivity contribution is 0.0166. The monoisotopic (exact) mass is 368 g/mol. The normalized spacial score (nSPS) is 21.4. The first-order valence-corrected chi connectivity index (χ1v) is 9.91. The van der Waals surface area contributed by atoms with Gasteiger partial charge in [0.05, 0.1) is 13.2 Å². The van der Waals surface area contributed by atoms with E-state index in [0.717, 1.165) is 69.2 Å². The van der Waals surface area contributed by atoms with Gasteiger partial charge in [-0.25, -0.2) is 4.98 Å². The molecule has 6 heteroatoms. The minimum absolute atomic E-state index is 0.143. The molecule has 1 amide bonds. The van der Waals surface area contributed by atoms with E-state index in [1.165, 1.54) is 6.42 Å². The van der Waals surface area contributed by atoms with Crippen molar-refractivity contribution in [1.29, 1.82) is 0 Å². The van der Waals surface area contributed by atoms with E-state index in [4.69, 9.17) is 4.74 Å². The molecule has 144 valence electrons. The molecule has 0 unspecified atom stereocenters. The summed E-state index contributed by atoms with van der Waals surface area (Å²) in [5.41, 5.74) is 1.74. The highest BCUT2D eigenvalue weighted by atomic mass is 16.5. The van der Waals surface area contributed by atoms with Crippen molar-refractivity contribution in [2.45, 2.75) is 25.3 Å². The van der Waals surface area contributed by atoms with Crippen molar-refractivity contribution in [3.63, 3.8) is 0 Å². The van der Waals surface area contributed by atoms with E-state index < -0.39 is 0 Å². The van der Waals surface area contributed by atoms with Gasteiger partial charge in [-0.15, -0.1) is 0 Å². The number of piperidine rings is 1. The zero-order valence-corrected chi connectivity index (χ0v) is 16.0. The van der Waals surface area contributed by atoms with Gasteiger partial charge in [-0.2, -0.15) is 0 Å². The Morgan fingerprint density at radius 3 is 2.85 bits per heavy atom. The summed E-state index contributed by atoms with van der Waals surface area (Å²) >= 11 is 0. The zero-order chi connectivity index (χ0) is 18.6. The topological polar surface area (TPSA) is 50.6 Å². The van der Waals surface area contributed by atoms with Crippen molar-refractivity contribution in [2.75, 3.05) is 39.4 Å². The van der Waals surface area contributed by atoms with Crippen LogP contribution in [0.1, 0.15) is 29.6 Å². The molecule has 0 bridgehead atoms. The molecule has 0 spiro atoms. The minimum atomic E-state index is 0.143.